The van der Waals surface area contributed by atoms with Crippen LogP contribution in [0.1, 0.15) is 19.3 Å². The van der Waals surface area contributed by atoms with Gasteiger partial charge in [-0.05, 0) is 42.4 Å². The van der Waals surface area contributed by atoms with Crippen LogP contribution >= 0.6 is 11.3 Å². The molecule has 0 aliphatic carbocycles. The van der Waals surface area contributed by atoms with E-state index in [0.717, 1.165) is 43.8 Å². The molecule has 2 aliphatic heterocycles. The predicted octanol–water partition coefficient (Wildman–Crippen LogP) is 4.68. The van der Waals surface area contributed by atoms with E-state index in [1.165, 1.54) is 31.4 Å². The summed E-state index contributed by atoms with van der Waals surface area (Å²) in [5, 5.41) is 3.18. The summed E-state index contributed by atoms with van der Waals surface area (Å²) in [5.41, 5.74) is 1.14. The van der Waals surface area contributed by atoms with Gasteiger partial charge in [0.05, 0.1) is 17.4 Å². The number of urea groups is 1. The second kappa shape index (κ2) is 8.25. The molecule has 1 spiro atoms. The number of aromatic nitrogens is 2. The maximum atomic E-state index is 14.9. The average molecular weight is 461 g/mol. The minimum absolute atomic E-state index is 0.0300. The molecular weight excluding hydrogens is 438 g/mol. The van der Waals surface area contributed by atoms with Crippen LogP contribution in [0.2, 0.25) is 0 Å². The van der Waals surface area contributed by atoms with Gasteiger partial charge in [0.2, 0.25) is 11.8 Å². The molecule has 1 aromatic carbocycles. The van der Waals surface area contributed by atoms with E-state index in [0.29, 0.717) is 34.0 Å². The molecule has 0 unspecified atom stereocenters. The van der Waals surface area contributed by atoms with E-state index in [4.69, 9.17) is 9.47 Å². The first-order valence-electron chi connectivity index (χ1n) is 10.4. The first kappa shape index (κ1) is 21.0. The van der Waals surface area contributed by atoms with Crippen molar-refractivity contribution in [3.05, 3.63) is 36.0 Å². The standard InChI is InChI=1S/C22H22F2N4O3S/c1-30-19-16-17(15(18(24)26-19)13-2-4-14(23)5-3-13)32-20(25-16)27-21(29)28-9-6-22(12-28)7-10-31-11-8-22/h2-5H,6-12H2,1H3,(H,25,27,29). The second-order valence-corrected chi connectivity index (χ2v) is 9.20. The minimum atomic E-state index is -0.747. The van der Waals surface area contributed by atoms with Crippen LogP contribution < -0.4 is 10.1 Å². The number of amides is 2. The third-order valence-corrected chi connectivity index (χ3v) is 7.27. The van der Waals surface area contributed by atoms with Crippen molar-refractivity contribution in [1.82, 2.24) is 14.9 Å². The van der Waals surface area contributed by atoms with Gasteiger partial charge in [-0.2, -0.15) is 9.37 Å². The molecule has 5 rings (SSSR count). The Morgan fingerprint density at radius 3 is 2.66 bits per heavy atom. The van der Waals surface area contributed by atoms with E-state index in [9.17, 15) is 13.6 Å². The molecule has 3 aromatic rings. The van der Waals surface area contributed by atoms with E-state index in [1.54, 1.807) is 4.90 Å². The van der Waals surface area contributed by atoms with E-state index in [1.807, 2.05) is 0 Å². The Hall–Kier alpha value is -2.85. The van der Waals surface area contributed by atoms with Crippen LogP contribution in [0.25, 0.3) is 21.3 Å². The van der Waals surface area contributed by atoms with Crippen molar-refractivity contribution in [1.29, 1.82) is 0 Å². The molecule has 0 atom stereocenters. The summed E-state index contributed by atoms with van der Waals surface area (Å²) in [5.74, 6) is -1.14. The number of pyridine rings is 1. The van der Waals surface area contributed by atoms with Gasteiger partial charge in [0.25, 0.3) is 0 Å². The fraction of sp³-hybridized carbons (Fsp3) is 0.409. The Balaban J connectivity index is 1.44. The number of halogens is 2. The lowest BCUT2D eigenvalue weighted by Gasteiger charge is -2.33. The number of rotatable bonds is 3. The number of nitrogens with zero attached hydrogens (tertiary/aromatic N) is 3. The number of hydrogen-bond acceptors (Lipinski definition) is 6. The van der Waals surface area contributed by atoms with Crippen LogP contribution in [0.15, 0.2) is 24.3 Å². The van der Waals surface area contributed by atoms with E-state index >= 15 is 0 Å². The molecule has 2 fully saturated rings. The Morgan fingerprint density at radius 1 is 1.19 bits per heavy atom. The number of nitrogens with one attached hydrogen (secondary N) is 1. The van der Waals surface area contributed by atoms with Crippen LogP contribution in [0.3, 0.4) is 0 Å². The SMILES string of the molecule is COc1nc(F)c(-c2ccc(F)cc2)c2sc(NC(=O)N3CCC4(CCOCC4)C3)nc12. The third-order valence-electron chi connectivity index (χ3n) is 6.28. The van der Waals surface area contributed by atoms with Crippen LogP contribution in [0, 0.1) is 17.2 Å². The number of thiazole rings is 1. The van der Waals surface area contributed by atoms with Crippen LogP contribution in [-0.4, -0.2) is 54.3 Å². The molecular formula is C22H22F2N4O3S. The summed E-state index contributed by atoms with van der Waals surface area (Å²) < 4.78 is 39.4. The number of ether oxygens (including phenoxy) is 2. The molecule has 4 heterocycles. The van der Waals surface area contributed by atoms with Gasteiger partial charge in [-0.3, -0.25) is 5.32 Å². The second-order valence-electron chi connectivity index (χ2n) is 8.20. The van der Waals surface area contributed by atoms with Crippen LogP contribution in [0.5, 0.6) is 5.88 Å². The van der Waals surface area contributed by atoms with Crippen molar-refractivity contribution < 1.29 is 23.0 Å². The number of carbonyl (C=O) groups excluding carboxylic acids is 1. The molecule has 168 valence electrons. The first-order chi connectivity index (χ1) is 15.5. The van der Waals surface area contributed by atoms with Crippen molar-refractivity contribution in [3.63, 3.8) is 0 Å². The minimum Gasteiger partial charge on any atom is -0.479 e. The highest BCUT2D eigenvalue weighted by Gasteiger charge is 2.41. The van der Waals surface area contributed by atoms with Gasteiger partial charge in [-0.15, -0.1) is 0 Å². The zero-order valence-corrected chi connectivity index (χ0v) is 18.3. The number of methoxy groups -OCH3 is 1. The zero-order chi connectivity index (χ0) is 22.3. The van der Waals surface area contributed by atoms with Gasteiger partial charge in [0.1, 0.15) is 11.3 Å². The normalized spacial score (nSPS) is 17.8. The Morgan fingerprint density at radius 2 is 1.94 bits per heavy atom. The van der Waals surface area contributed by atoms with Crippen molar-refractivity contribution in [2.45, 2.75) is 19.3 Å². The lowest BCUT2D eigenvalue weighted by atomic mass is 9.80. The summed E-state index contributed by atoms with van der Waals surface area (Å²) in [7, 11) is 1.38. The molecule has 32 heavy (non-hydrogen) atoms. The van der Waals surface area contributed by atoms with Crippen LogP contribution in [-0.2, 0) is 4.74 Å². The van der Waals surface area contributed by atoms with Crippen molar-refractivity contribution in [3.8, 4) is 17.0 Å². The van der Waals surface area contributed by atoms with Crippen LogP contribution in [0.4, 0.5) is 18.7 Å². The number of carbonyl (C=O) groups is 1. The topological polar surface area (TPSA) is 76.6 Å². The summed E-state index contributed by atoms with van der Waals surface area (Å²) in [6.45, 7) is 2.83. The highest BCUT2D eigenvalue weighted by molar-refractivity contribution is 7.23. The Kier molecular flexibility index (Phi) is 5.42. The zero-order valence-electron chi connectivity index (χ0n) is 17.5. The van der Waals surface area contributed by atoms with E-state index in [2.05, 4.69) is 15.3 Å². The van der Waals surface area contributed by atoms with Gasteiger partial charge in [-0.1, -0.05) is 23.5 Å². The highest BCUT2D eigenvalue weighted by atomic mass is 32.1. The number of hydrogen-bond donors (Lipinski definition) is 1. The van der Waals surface area contributed by atoms with Crippen molar-refractivity contribution >= 4 is 32.7 Å². The Bertz CT molecular complexity index is 1160. The van der Waals surface area contributed by atoms with E-state index in [-0.39, 0.29) is 22.9 Å². The molecule has 2 aliphatic rings. The maximum absolute atomic E-state index is 14.9. The highest BCUT2D eigenvalue weighted by Crippen LogP contribution is 2.42. The van der Waals surface area contributed by atoms with Gasteiger partial charge in [0, 0.05) is 26.3 Å². The summed E-state index contributed by atoms with van der Waals surface area (Å²) in [6.07, 6.45) is 2.88. The molecule has 7 nitrogen and oxygen atoms in total. The lowest BCUT2D eigenvalue weighted by Crippen LogP contribution is -2.37. The fourth-order valence-corrected chi connectivity index (χ4v) is 5.48. The average Bonchev–Trinajstić information content (AvgIpc) is 3.39. The van der Waals surface area contributed by atoms with Crippen molar-refractivity contribution in [2.75, 3.05) is 38.7 Å². The molecule has 0 saturated carbocycles. The molecule has 2 amide bonds. The molecule has 2 aromatic heterocycles. The smallest absolute Gasteiger partial charge is 0.323 e. The molecule has 0 radical (unpaired) electrons. The summed E-state index contributed by atoms with van der Waals surface area (Å²) >= 11 is 1.14. The van der Waals surface area contributed by atoms with E-state index < -0.39 is 11.8 Å². The van der Waals surface area contributed by atoms with Gasteiger partial charge in [-0.25, -0.2) is 14.2 Å². The number of benzene rings is 1. The summed E-state index contributed by atoms with van der Waals surface area (Å²) in [6, 6.07) is 5.25. The monoisotopic (exact) mass is 460 g/mol. The maximum Gasteiger partial charge on any atom is 0.323 e. The van der Waals surface area contributed by atoms with Gasteiger partial charge < -0.3 is 14.4 Å². The Labute approximate surface area is 187 Å². The van der Waals surface area contributed by atoms with Gasteiger partial charge in [0.15, 0.2) is 5.13 Å². The third kappa shape index (κ3) is 3.77. The number of anilines is 1. The quantitative estimate of drug-likeness (QED) is 0.575. The molecule has 1 N–H and O–H groups in total. The largest absolute Gasteiger partial charge is 0.479 e. The van der Waals surface area contributed by atoms with Gasteiger partial charge >= 0.3 is 6.03 Å². The fourth-order valence-electron chi connectivity index (χ4n) is 4.48. The molecule has 2 saturated heterocycles. The molecule has 10 heteroatoms. The first-order valence-corrected chi connectivity index (χ1v) is 11.2. The molecule has 0 bridgehead atoms. The lowest BCUT2D eigenvalue weighted by molar-refractivity contribution is 0.0211. The number of fused-ring (bicyclic) bond motifs is 1. The van der Waals surface area contributed by atoms with Crippen molar-refractivity contribution in [2.24, 2.45) is 5.41 Å². The number of likely N-dealkylation sites (tertiary alicyclic amines) is 1. The summed E-state index contributed by atoms with van der Waals surface area (Å²) in [4.78, 5) is 23.0. The predicted molar refractivity (Wildman–Crippen MR) is 117 cm³/mol.